The third-order valence-electron chi connectivity index (χ3n) is 4.49. The van der Waals surface area contributed by atoms with Crippen LogP contribution in [0.1, 0.15) is 34.1 Å². The van der Waals surface area contributed by atoms with Crippen LogP contribution in [0.5, 0.6) is 0 Å². The van der Waals surface area contributed by atoms with Crippen molar-refractivity contribution in [1.29, 1.82) is 0 Å². The van der Waals surface area contributed by atoms with Gasteiger partial charge in [-0.15, -0.1) is 0 Å². The molecule has 0 spiro atoms. The largest absolute Gasteiger partial charge is 0.462 e. The minimum absolute atomic E-state index is 0.293. The molecule has 3 aromatic rings. The third-order valence-corrected chi connectivity index (χ3v) is 4.49. The molecule has 0 aliphatic rings. The Balaban J connectivity index is 2.07. The molecule has 0 fully saturated rings. The lowest BCUT2D eigenvalue weighted by Crippen LogP contribution is -2.05. The number of carbonyl (C=O) groups is 1. The van der Waals surface area contributed by atoms with E-state index in [1.165, 1.54) is 12.1 Å². The first-order valence-electron chi connectivity index (χ1n) is 8.13. The number of esters is 1. The molecule has 1 aromatic heterocycles. The topological polar surface area (TPSA) is 31.2 Å². The highest BCUT2D eigenvalue weighted by molar-refractivity contribution is 5.96. The van der Waals surface area contributed by atoms with Crippen molar-refractivity contribution in [2.75, 3.05) is 6.61 Å². The van der Waals surface area contributed by atoms with Gasteiger partial charge in [0.1, 0.15) is 11.6 Å². The summed E-state index contributed by atoms with van der Waals surface area (Å²) in [7, 11) is 0. The number of hydrogen-bond donors (Lipinski definition) is 0. The molecule has 0 N–H and O–H groups in total. The van der Waals surface area contributed by atoms with E-state index in [1.54, 1.807) is 19.1 Å². The lowest BCUT2D eigenvalue weighted by atomic mass is 10.1. The van der Waals surface area contributed by atoms with Crippen LogP contribution in [-0.4, -0.2) is 17.1 Å². The predicted molar refractivity (Wildman–Crippen MR) is 92.8 cm³/mol. The second-order valence-electron chi connectivity index (χ2n) is 5.98. The van der Waals surface area contributed by atoms with Crippen LogP contribution in [0, 0.1) is 25.5 Å². The fourth-order valence-electron chi connectivity index (χ4n) is 3.02. The normalized spacial score (nSPS) is 11.1. The van der Waals surface area contributed by atoms with E-state index in [0.717, 1.165) is 28.2 Å². The van der Waals surface area contributed by atoms with Gasteiger partial charge < -0.3 is 9.30 Å². The summed E-state index contributed by atoms with van der Waals surface area (Å²) < 4.78 is 34.1. The van der Waals surface area contributed by atoms with Crippen molar-refractivity contribution in [3.05, 3.63) is 70.4 Å². The quantitative estimate of drug-likeness (QED) is 0.640. The molecule has 5 heteroatoms. The Bertz CT molecular complexity index is 960. The van der Waals surface area contributed by atoms with Crippen molar-refractivity contribution < 1.29 is 18.3 Å². The summed E-state index contributed by atoms with van der Waals surface area (Å²) in [5.41, 5.74) is 3.79. The van der Waals surface area contributed by atoms with E-state index in [1.807, 2.05) is 24.5 Å². The van der Waals surface area contributed by atoms with Crippen molar-refractivity contribution in [3.63, 3.8) is 0 Å². The SMILES string of the molecule is CCOC(=O)c1ccc2c(c1)c(C)c(C)n2Cc1ccc(F)cc1F. The van der Waals surface area contributed by atoms with E-state index in [0.29, 0.717) is 24.3 Å². The van der Waals surface area contributed by atoms with Crippen molar-refractivity contribution in [2.24, 2.45) is 0 Å². The number of carbonyl (C=O) groups excluding carboxylic acids is 1. The average molecular weight is 343 g/mol. The van der Waals surface area contributed by atoms with Crippen LogP contribution in [-0.2, 0) is 11.3 Å². The number of nitrogens with zero attached hydrogens (tertiary/aromatic N) is 1. The monoisotopic (exact) mass is 343 g/mol. The molecule has 130 valence electrons. The Kier molecular flexibility index (Phi) is 4.57. The second-order valence-corrected chi connectivity index (χ2v) is 5.98. The summed E-state index contributed by atoms with van der Waals surface area (Å²) in [5.74, 6) is -1.52. The lowest BCUT2D eigenvalue weighted by molar-refractivity contribution is 0.0526. The maximum atomic E-state index is 14.0. The zero-order valence-corrected chi connectivity index (χ0v) is 14.4. The maximum absolute atomic E-state index is 14.0. The molecule has 0 saturated carbocycles. The van der Waals surface area contributed by atoms with E-state index in [4.69, 9.17) is 4.74 Å². The van der Waals surface area contributed by atoms with E-state index in [2.05, 4.69) is 0 Å². The van der Waals surface area contributed by atoms with E-state index < -0.39 is 11.6 Å². The number of benzene rings is 2. The molecule has 25 heavy (non-hydrogen) atoms. The fraction of sp³-hybridized carbons (Fsp3) is 0.250. The van der Waals surface area contributed by atoms with Crippen LogP contribution < -0.4 is 0 Å². The van der Waals surface area contributed by atoms with Crippen LogP contribution in [0.4, 0.5) is 8.78 Å². The second kappa shape index (κ2) is 6.67. The van der Waals surface area contributed by atoms with Gasteiger partial charge in [-0.3, -0.25) is 0 Å². The number of aryl methyl sites for hydroxylation is 1. The van der Waals surface area contributed by atoms with E-state index in [-0.39, 0.29) is 5.97 Å². The van der Waals surface area contributed by atoms with Crippen LogP contribution in [0.15, 0.2) is 36.4 Å². The van der Waals surface area contributed by atoms with Gasteiger partial charge in [0.25, 0.3) is 0 Å². The van der Waals surface area contributed by atoms with Crippen molar-refractivity contribution in [1.82, 2.24) is 4.57 Å². The number of hydrogen-bond acceptors (Lipinski definition) is 2. The maximum Gasteiger partial charge on any atom is 0.338 e. The molecule has 0 aliphatic carbocycles. The first kappa shape index (κ1) is 17.1. The van der Waals surface area contributed by atoms with Crippen LogP contribution in [0.25, 0.3) is 10.9 Å². The predicted octanol–water partition coefficient (Wildman–Crippen LogP) is 4.76. The Morgan fingerprint density at radius 3 is 2.56 bits per heavy atom. The number of rotatable bonds is 4. The Morgan fingerprint density at radius 2 is 1.88 bits per heavy atom. The molecular weight excluding hydrogens is 324 g/mol. The molecule has 0 radical (unpaired) electrons. The van der Waals surface area contributed by atoms with Gasteiger partial charge in [0, 0.05) is 28.2 Å². The molecule has 0 saturated heterocycles. The standard InChI is InChI=1S/C20H19F2NO2/c1-4-25-20(24)14-6-8-19-17(9-14)12(2)13(3)23(19)11-15-5-7-16(21)10-18(15)22/h5-10H,4,11H2,1-3H3. The van der Waals surface area contributed by atoms with Gasteiger partial charge in [-0.05, 0) is 50.6 Å². The summed E-state index contributed by atoms with van der Waals surface area (Å²) in [6, 6.07) is 8.94. The van der Waals surface area contributed by atoms with E-state index >= 15 is 0 Å². The minimum atomic E-state index is -0.592. The summed E-state index contributed by atoms with van der Waals surface area (Å²) in [4.78, 5) is 11.9. The molecule has 0 aliphatic heterocycles. The molecule has 0 atom stereocenters. The molecule has 1 heterocycles. The number of ether oxygens (including phenoxy) is 1. The summed E-state index contributed by atoms with van der Waals surface area (Å²) >= 11 is 0. The highest BCUT2D eigenvalue weighted by Gasteiger charge is 2.16. The number of aromatic nitrogens is 1. The Labute approximate surface area is 144 Å². The third kappa shape index (κ3) is 3.14. The van der Waals surface area contributed by atoms with Crippen LogP contribution in [0.3, 0.4) is 0 Å². The molecule has 2 aromatic carbocycles. The van der Waals surface area contributed by atoms with Gasteiger partial charge in [-0.25, -0.2) is 13.6 Å². The lowest BCUT2D eigenvalue weighted by Gasteiger charge is -2.10. The first-order chi connectivity index (χ1) is 11.9. The van der Waals surface area contributed by atoms with Crippen LogP contribution >= 0.6 is 0 Å². The molecule has 3 rings (SSSR count). The Hall–Kier alpha value is -2.69. The molecule has 0 bridgehead atoms. The Morgan fingerprint density at radius 1 is 1.12 bits per heavy atom. The highest BCUT2D eigenvalue weighted by Crippen LogP contribution is 2.28. The molecular formula is C20H19F2NO2. The average Bonchev–Trinajstić information content (AvgIpc) is 2.82. The van der Waals surface area contributed by atoms with Gasteiger partial charge in [0.2, 0.25) is 0 Å². The van der Waals surface area contributed by atoms with Gasteiger partial charge in [0.15, 0.2) is 0 Å². The zero-order valence-electron chi connectivity index (χ0n) is 14.4. The minimum Gasteiger partial charge on any atom is -0.462 e. The highest BCUT2D eigenvalue weighted by atomic mass is 19.1. The van der Waals surface area contributed by atoms with E-state index in [9.17, 15) is 13.6 Å². The molecule has 3 nitrogen and oxygen atoms in total. The van der Waals surface area contributed by atoms with Gasteiger partial charge in [0.05, 0.1) is 18.7 Å². The smallest absolute Gasteiger partial charge is 0.338 e. The fourth-order valence-corrected chi connectivity index (χ4v) is 3.02. The van der Waals surface area contributed by atoms with Crippen molar-refractivity contribution in [2.45, 2.75) is 27.3 Å². The van der Waals surface area contributed by atoms with Gasteiger partial charge in [-0.1, -0.05) is 6.07 Å². The van der Waals surface area contributed by atoms with Crippen molar-refractivity contribution >= 4 is 16.9 Å². The first-order valence-corrected chi connectivity index (χ1v) is 8.13. The summed E-state index contributed by atoms with van der Waals surface area (Å²) in [6.07, 6.45) is 0. The zero-order chi connectivity index (χ0) is 18.1. The van der Waals surface area contributed by atoms with Gasteiger partial charge in [-0.2, -0.15) is 0 Å². The molecule has 0 unspecified atom stereocenters. The van der Waals surface area contributed by atoms with Crippen molar-refractivity contribution in [3.8, 4) is 0 Å². The number of halogens is 2. The summed E-state index contributed by atoms with van der Waals surface area (Å²) in [5, 5.41) is 0.922. The van der Waals surface area contributed by atoms with Crippen LogP contribution in [0.2, 0.25) is 0 Å². The summed E-state index contributed by atoms with van der Waals surface area (Å²) in [6.45, 7) is 6.28. The molecule has 0 amide bonds. The van der Waals surface area contributed by atoms with Gasteiger partial charge >= 0.3 is 5.97 Å². The number of fused-ring (bicyclic) bond motifs is 1.